The van der Waals surface area contributed by atoms with E-state index in [0.29, 0.717) is 28.1 Å². The number of anilines is 1. The highest BCUT2D eigenvalue weighted by Gasteiger charge is 2.34. The Hall–Kier alpha value is -1.44. The molecule has 2 saturated carbocycles. The molecule has 2 aromatic rings. The van der Waals surface area contributed by atoms with E-state index in [-0.39, 0.29) is 20.1 Å². The number of aromatic nitrogens is 3. The fraction of sp³-hybridized carbons (Fsp3) is 0.636. The van der Waals surface area contributed by atoms with Crippen molar-refractivity contribution in [3.05, 3.63) is 18.1 Å². The van der Waals surface area contributed by atoms with Crippen molar-refractivity contribution in [2.24, 2.45) is 5.92 Å². The number of aromatic amines is 1. The highest BCUT2D eigenvalue weighted by molar-refractivity contribution is 8.01. The third-order valence-electron chi connectivity index (χ3n) is 6.36. The molecule has 0 bridgehead atoms. The van der Waals surface area contributed by atoms with Gasteiger partial charge in [0.25, 0.3) is 0 Å². The Balaban J connectivity index is 1.39. The van der Waals surface area contributed by atoms with Gasteiger partial charge in [-0.2, -0.15) is 0 Å². The number of thiazole rings is 1. The van der Waals surface area contributed by atoms with Crippen LogP contribution in [0.15, 0.2) is 21.8 Å². The van der Waals surface area contributed by atoms with Gasteiger partial charge in [0.15, 0.2) is 15.8 Å². The van der Waals surface area contributed by atoms with Crippen LogP contribution >= 0.6 is 31.7 Å². The van der Waals surface area contributed by atoms with Crippen LogP contribution in [0.25, 0.3) is 0 Å². The second kappa shape index (κ2) is 11.1. The predicted molar refractivity (Wildman–Crippen MR) is 133 cm³/mol. The molecular formula is C22H32N5O2PS2. The van der Waals surface area contributed by atoms with Crippen LogP contribution < -0.4 is 5.32 Å². The van der Waals surface area contributed by atoms with Gasteiger partial charge in [0, 0.05) is 12.1 Å². The van der Waals surface area contributed by atoms with Gasteiger partial charge in [0.2, 0.25) is 0 Å². The monoisotopic (exact) mass is 493 g/mol. The summed E-state index contributed by atoms with van der Waals surface area (Å²) in [6.07, 6.45) is 13.4. The van der Waals surface area contributed by atoms with E-state index in [4.69, 9.17) is 0 Å². The van der Waals surface area contributed by atoms with Crippen molar-refractivity contribution in [2.75, 3.05) is 11.5 Å². The molecule has 2 aliphatic rings. The zero-order valence-corrected chi connectivity index (χ0v) is 21.4. The SMILES string of the molecule is CCPC(=O)c1cnc(Sc2cnc(NC(=O)N(C3CCCC3)C3CCC(C)CC3)s2)[nH]1. The van der Waals surface area contributed by atoms with Crippen molar-refractivity contribution in [3.8, 4) is 0 Å². The van der Waals surface area contributed by atoms with E-state index < -0.39 is 0 Å². The standard InChI is InChI=1S/C22H32N5O2PS2/c1-3-30-19(28)17-12-23-20(25-17)31-18-13-24-21(32-18)26-22(29)27(15-6-4-5-7-15)16-10-8-14(2)9-11-16/h12-16,30H,3-11H2,1-2H3,(H,23,25)(H,24,26,29). The van der Waals surface area contributed by atoms with Crippen molar-refractivity contribution in [1.29, 1.82) is 0 Å². The van der Waals surface area contributed by atoms with E-state index >= 15 is 0 Å². The molecule has 2 fully saturated rings. The second-order valence-electron chi connectivity index (χ2n) is 8.74. The van der Waals surface area contributed by atoms with Crippen LogP contribution in [-0.4, -0.2) is 49.7 Å². The van der Waals surface area contributed by atoms with Crippen LogP contribution in [0.5, 0.6) is 0 Å². The smallest absolute Gasteiger partial charge is 0.324 e. The van der Waals surface area contributed by atoms with Crippen molar-refractivity contribution < 1.29 is 9.59 Å². The molecule has 2 aromatic heterocycles. The van der Waals surface area contributed by atoms with Gasteiger partial charge in [-0.05, 0) is 70.9 Å². The lowest BCUT2D eigenvalue weighted by Crippen LogP contribution is -2.49. The first-order chi connectivity index (χ1) is 15.5. The van der Waals surface area contributed by atoms with E-state index in [0.717, 1.165) is 42.0 Å². The average Bonchev–Trinajstić information content (AvgIpc) is 3.53. The molecule has 2 amide bonds. The minimum Gasteiger partial charge on any atom is -0.330 e. The van der Waals surface area contributed by atoms with Crippen molar-refractivity contribution in [1.82, 2.24) is 19.9 Å². The van der Waals surface area contributed by atoms with Gasteiger partial charge < -0.3 is 9.88 Å². The average molecular weight is 494 g/mol. The van der Waals surface area contributed by atoms with Crippen LogP contribution in [0.4, 0.5) is 9.93 Å². The van der Waals surface area contributed by atoms with E-state index in [9.17, 15) is 9.59 Å². The van der Waals surface area contributed by atoms with Gasteiger partial charge in [-0.25, -0.2) is 14.8 Å². The summed E-state index contributed by atoms with van der Waals surface area (Å²) >= 11 is 2.87. The van der Waals surface area contributed by atoms with E-state index in [1.807, 2.05) is 6.92 Å². The fourth-order valence-electron chi connectivity index (χ4n) is 4.67. The molecule has 0 radical (unpaired) electrons. The topological polar surface area (TPSA) is 91.0 Å². The maximum absolute atomic E-state index is 13.3. The Kier molecular flexibility index (Phi) is 8.24. The number of carbonyl (C=O) groups is 2. The lowest BCUT2D eigenvalue weighted by molar-refractivity contribution is 0.108. The number of H-pyrrole nitrogens is 1. The van der Waals surface area contributed by atoms with Crippen LogP contribution in [0, 0.1) is 5.92 Å². The zero-order chi connectivity index (χ0) is 22.5. The molecular weight excluding hydrogens is 461 g/mol. The molecule has 1 unspecified atom stereocenters. The van der Waals surface area contributed by atoms with E-state index in [1.165, 1.54) is 48.8 Å². The lowest BCUT2D eigenvalue weighted by Gasteiger charge is -2.39. The Morgan fingerprint density at radius 2 is 1.88 bits per heavy atom. The van der Waals surface area contributed by atoms with Gasteiger partial charge in [-0.15, -0.1) is 0 Å². The summed E-state index contributed by atoms with van der Waals surface area (Å²) in [7, 11) is 0.266. The van der Waals surface area contributed by atoms with Crippen molar-refractivity contribution >= 4 is 48.4 Å². The Bertz CT molecular complexity index is 919. The van der Waals surface area contributed by atoms with Crippen LogP contribution in [0.2, 0.25) is 0 Å². The molecule has 174 valence electrons. The van der Waals surface area contributed by atoms with Gasteiger partial charge in [-0.1, -0.05) is 38.0 Å². The first kappa shape index (κ1) is 23.7. The van der Waals surface area contributed by atoms with E-state index in [1.54, 1.807) is 12.4 Å². The molecule has 7 nitrogen and oxygen atoms in total. The molecule has 2 N–H and O–H groups in total. The van der Waals surface area contributed by atoms with Gasteiger partial charge in [0.1, 0.15) is 5.69 Å². The Morgan fingerprint density at radius 1 is 1.16 bits per heavy atom. The number of urea groups is 1. The third-order valence-corrected chi connectivity index (χ3v) is 9.22. The molecule has 4 rings (SSSR count). The van der Waals surface area contributed by atoms with E-state index in [2.05, 4.69) is 32.1 Å². The summed E-state index contributed by atoms with van der Waals surface area (Å²) < 4.78 is 0.922. The molecule has 1 atom stereocenters. The van der Waals surface area contributed by atoms with Crippen LogP contribution in [0.3, 0.4) is 0 Å². The normalized spacial score (nSPS) is 21.9. The second-order valence-corrected chi connectivity index (χ2v) is 12.6. The van der Waals surface area contributed by atoms with Crippen LogP contribution in [-0.2, 0) is 0 Å². The van der Waals surface area contributed by atoms with Gasteiger partial charge in [-0.3, -0.25) is 10.1 Å². The number of hydrogen-bond acceptors (Lipinski definition) is 6. The van der Waals surface area contributed by atoms with Crippen LogP contribution in [0.1, 0.15) is 75.7 Å². The number of imidazole rings is 1. The predicted octanol–water partition coefficient (Wildman–Crippen LogP) is 6.21. The lowest BCUT2D eigenvalue weighted by atomic mass is 9.86. The van der Waals surface area contributed by atoms with Gasteiger partial charge in [0.05, 0.1) is 16.6 Å². The largest absolute Gasteiger partial charge is 0.330 e. The maximum atomic E-state index is 13.3. The summed E-state index contributed by atoms with van der Waals surface area (Å²) in [4.78, 5) is 39.3. The fourth-order valence-corrected chi connectivity index (χ4v) is 7.06. The molecule has 0 saturated heterocycles. The quantitative estimate of drug-likeness (QED) is 0.427. The summed E-state index contributed by atoms with van der Waals surface area (Å²) in [5.74, 6) is 0.762. The Labute approximate surface area is 199 Å². The van der Waals surface area contributed by atoms with Crippen molar-refractivity contribution in [2.45, 2.75) is 86.7 Å². The highest BCUT2D eigenvalue weighted by atomic mass is 32.2. The minimum absolute atomic E-state index is 0.00575. The molecule has 0 aliphatic heterocycles. The van der Waals surface area contributed by atoms with Gasteiger partial charge >= 0.3 is 6.03 Å². The molecule has 10 heteroatoms. The number of carbonyl (C=O) groups excluding carboxylic acids is 2. The summed E-state index contributed by atoms with van der Waals surface area (Å²) in [6, 6.07) is 0.685. The summed E-state index contributed by atoms with van der Waals surface area (Å²) in [5, 5.41) is 4.35. The number of amides is 2. The molecule has 0 spiro atoms. The first-order valence-corrected chi connectivity index (χ1v) is 14.4. The maximum Gasteiger partial charge on any atom is 0.324 e. The molecule has 2 aliphatic carbocycles. The number of hydrogen-bond donors (Lipinski definition) is 2. The number of nitrogens with one attached hydrogen (secondary N) is 2. The Morgan fingerprint density at radius 3 is 2.59 bits per heavy atom. The highest BCUT2D eigenvalue weighted by Crippen LogP contribution is 2.35. The minimum atomic E-state index is -0.00575. The third kappa shape index (κ3) is 5.91. The van der Waals surface area contributed by atoms with Crippen molar-refractivity contribution in [3.63, 3.8) is 0 Å². The summed E-state index contributed by atoms with van der Waals surface area (Å²) in [6.45, 7) is 4.31. The molecule has 2 heterocycles. The zero-order valence-electron chi connectivity index (χ0n) is 18.7. The number of rotatable bonds is 8. The number of nitrogens with zero attached hydrogens (tertiary/aromatic N) is 3. The molecule has 32 heavy (non-hydrogen) atoms. The summed E-state index contributed by atoms with van der Waals surface area (Å²) in [5.41, 5.74) is 0.660. The molecule has 0 aromatic carbocycles. The first-order valence-electron chi connectivity index (χ1n) is 11.6.